The maximum atomic E-state index is 6.36. The Bertz CT molecular complexity index is 578. The van der Waals surface area contributed by atoms with Crippen molar-refractivity contribution in [3.05, 3.63) is 41.2 Å². The lowest BCUT2D eigenvalue weighted by atomic mass is 10.0. The Kier molecular flexibility index (Phi) is 3.76. The van der Waals surface area contributed by atoms with Crippen LogP contribution in [0, 0.1) is 6.92 Å². The monoisotopic (exact) mass is 261 g/mol. The number of nitrogens with zero attached hydrogens (tertiary/aromatic N) is 2. The van der Waals surface area contributed by atoms with Gasteiger partial charge in [-0.3, -0.25) is 4.68 Å². The number of ether oxygens (including phenoxy) is 2. The molecule has 2 aromatic rings. The zero-order valence-corrected chi connectivity index (χ0v) is 11.7. The Hall–Kier alpha value is -2.01. The molecule has 19 heavy (non-hydrogen) atoms. The highest BCUT2D eigenvalue weighted by Crippen LogP contribution is 2.33. The Balaban J connectivity index is 2.51. The highest BCUT2D eigenvalue weighted by atomic mass is 16.5. The normalized spacial score (nSPS) is 12.3. The summed E-state index contributed by atoms with van der Waals surface area (Å²) >= 11 is 0. The van der Waals surface area contributed by atoms with Crippen molar-refractivity contribution in [2.24, 2.45) is 12.8 Å². The molecule has 1 aromatic carbocycles. The number of rotatable bonds is 4. The summed E-state index contributed by atoms with van der Waals surface area (Å²) in [6, 6.07) is 5.59. The molecule has 5 heteroatoms. The molecule has 1 aromatic heterocycles. The third kappa shape index (κ3) is 2.42. The first kappa shape index (κ1) is 13.4. The quantitative estimate of drug-likeness (QED) is 0.911. The zero-order valence-electron chi connectivity index (χ0n) is 11.7. The van der Waals surface area contributed by atoms with Crippen LogP contribution in [0.5, 0.6) is 11.5 Å². The van der Waals surface area contributed by atoms with Gasteiger partial charge in [-0.05, 0) is 13.0 Å². The Morgan fingerprint density at radius 1 is 1.21 bits per heavy atom. The number of hydrogen-bond donors (Lipinski definition) is 1. The summed E-state index contributed by atoms with van der Waals surface area (Å²) in [5.41, 5.74) is 9.24. The summed E-state index contributed by atoms with van der Waals surface area (Å²) in [7, 11) is 5.10. The van der Waals surface area contributed by atoms with Crippen LogP contribution in [-0.2, 0) is 7.05 Å². The van der Waals surface area contributed by atoms with Crippen LogP contribution < -0.4 is 15.2 Å². The van der Waals surface area contributed by atoms with Crippen molar-refractivity contribution in [1.82, 2.24) is 9.78 Å². The first-order chi connectivity index (χ1) is 9.08. The van der Waals surface area contributed by atoms with E-state index >= 15 is 0 Å². The third-order valence-corrected chi connectivity index (χ3v) is 3.18. The minimum absolute atomic E-state index is 0.350. The number of aryl methyl sites for hydroxylation is 2. The van der Waals surface area contributed by atoms with Crippen LogP contribution in [-0.4, -0.2) is 24.0 Å². The molecule has 5 nitrogen and oxygen atoms in total. The summed E-state index contributed by atoms with van der Waals surface area (Å²) in [5, 5.41) is 4.18. The number of hydrogen-bond acceptors (Lipinski definition) is 4. The molecule has 2 N–H and O–H groups in total. The molecule has 0 spiro atoms. The third-order valence-electron chi connectivity index (χ3n) is 3.18. The SMILES string of the molecule is COc1ccc(C)cc1C(N)c1c(OC)cnn1C. The van der Waals surface area contributed by atoms with Crippen LogP contribution in [0.2, 0.25) is 0 Å². The van der Waals surface area contributed by atoms with Crippen LogP contribution in [0.1, 0.15) is 22.9 Å². The molecule has 1 heterocycles. The molecule has 0 radical (unpaired) electrons. The van der Waals surface area contributed by atoms with Gasteiger partial charge in [0.05, 0.1) is 26.5 Å². The predicted molar refractivity (Wildman–Crippen MR) is 73.5 cm³/mol. The van der Waals surface area contributed by atoms with Crippen molar-refractivity contribution in [3.8, 4) is 11.5 Å². The van der Waals surface area contributed by atoms with Crippen molar-refractivity contribution in [3.63, 3.8) is 0 Å². The topological polar surface area (TPSA) is 62.3 Å². The van der Waals surface area contributed by atoms with Gasteiger partial charge in [0, 0.05) is 12.6 Å². The van der Waals surface area contributed by atoms with Gasteiger partial charge in [-0.2, -0.15) is 5.10 Å². The lowest BCUT2D eigenvalue weighted by molar-refractivity contribution is 0.398. The molecule has 0 aliphatic heterocycles. The molecule has 0 bridgehead atoms. The Morgan fingerprint density at radius 2 is 1.89 bits per heavy atom. The molecule has 1 unspecified atom stereocenters. The molecular weight excluding hydrogens is 242 g/mol. The first-order valence-electron chi connectivity index (χ1n) is 6.04. The number of methoxy groups -OCH3 is 2. The van der Waals surface area contributed by atoms with Crippen molar-refractivity contribution in [2.45, 2.75) is 13.0 Å². The molecule has 0 amide bonds. The van der Waals surface area contributed by atoms with E-state index in [1.54, 1.807) is 25.1 Å². The lowest BCUT2D eigenvalue weighted by Gasteiger charge is -2.18. The van der Waals surface area contributed by atoms with Crippen LogP contribution in [0.3, 0.4) is 0 Å². The summed E-state index contributed by atoms with van der Waals surface area (Å²) in [5.74, 6) is 1.44. The van der Waals surface area contributed by atoms with Crippen LogP contribution in [0.25, 0.3) is 0 Å². The Labute approximate surface area is 112 Å². The Morgan fingerprint density at radius 3 is 2.53 bits per heavy atom. The van der Waals surface area contributed by atoms with Gasteiger partial charge < -0.3 is 15.2 Å². The second-order valence-corrected chi connectivity index (χ2v) is 4.44. The maximum absolute atomic E-state index is 6.36. The highest BCUT2D eigenvalue weighted by Gasteiger charge is 2.21. The molecule has 1 atom stereocenters. The summed E-state index contributed by atoms with van der Waals surface area (Å²) in [6.45, 7) is 2.02. The molecule has 2 rings (SSSR count). The van der Waals surface area contributed by atoms with Crippen molar-refractivity contribution in [1.29, 1.82) is 0 Å². The number of aromatic nitrogens is 2. The molecular formula is C14H19N3O2. The highest BCUT2D eigenvalue weighted by molar-refractivity contribution is 5.45. The molecule has 0 saturated heterocycles. The van der Waals surface area contributed by atoms with Gasteiger partial charge in [-0.15, -0.1) is 0 Å². The average molecular weight is 261 g/mol. The fourth-order valence-corrected chi connectivity index (χ4v) is 2.18. The van der Waals surface area contributed by atoms with Gasteiger partial charge in [-0.25, -0.2) is 0 Å². The summed E-state index contributed by atoms with van der Waals surface area (Å²) < 4.78 is 12.4. The van der Waals surface area contributed by atoms with E-state index in [4.69, 9.17) is 15.2 Å². The van der Waals surface area contributed by atoms with E-state index < -0.39 is 0 Å². The predicted octanol–water partition coefficient (Wildman–Crippen LogP) is 1.79. The fourth-order valence-electron chi connectivity index (χ4n) is 2.18. The van der Waals surface area contributed by atoms with E-state index in [-0.39, 0.29) is 6.04 Å². The zero-order chi connectivity index (χ0) is 14.0. The van der Waals surface area contributed by atoms with E-state index in [0.717, 1.165) is 22.6 Å². The molecule has 102 valence electrons. The van der Waals surface area contributed by atoms with Crippen molar-refractivity contribution < 1.29 is 9.47 Å². The van der Waals surface area contributed by atoms with Gasteiger partial charge in [-0.1, -0.05) is 17.7 Å². The largest absolute Gasteiger partial charge is 0.496 e. The van der Waals surface area contributed by atoms with Crippen LogP contribution in [0.15, 0.2) is 24.4 Å². The van der Waals surface area contributed by atoms with E-state index in [0.29, 0.717) is 5.75 Å². The maximum Gasteiger partial charge on any atom is 0.161 e. The smallest absolute Gasteiger partial charge is 0.161 e. The van der Waals surface area contributed by atoms with Gasteiger partial charge in [0.15, 0.2) is 5.75 Å². The molecule has 0 fully saturated rings. The second kappa shape index (κ2) is 5.32. The van der Waals surface area contributed by atoms with Crippen LogP contribution >= 0.6 is 0 Å². The molecule has 0 saturated carbocycles. The van der Waals surface area contributed by atoms with E-state index in [9.17, 15) is 0 Å². The molecule has 0 aliphatic carbocycles. The number of benzene rings is 1. The van der Waals surface area contributed by atoms with E-state index in [2.05, 4.69) is 5.10 Å². The van der Waals surface area contributed by atoms with Gasteiger partial charge >= 0.3 is 0 Å². The van der Waals surface area contributed by atoms with E-state index in [1.165, 1.54) is 0 Å². The van der Waals surface area contributed by atoms with Gasteiger partial charge in [0.25, 0.3) is 0 Å². The first-order valence-corrected chi connectivity index (χ1v) is 6.04. The van der Waals surface area contributed by atoms with Gasteiger partial charge in [0.1, 0.15) is 11.4 Å². The van der Waals surface area contributed by atoms with Crippen molar-refractivity contribution in [2.75, 3.05) is 14.2 Å². The van der Waals surface area contributed by atoms with Gasteiger partial charge in [0.2, 0.25) is 0 Å². The summed E-state index contributed by atoms with van der Waals surface area (Å²) in [6.07, 6.45) is 1.66. The molecule has 0 aliphatic rings. The fraction of sp³-hybridized carbons (Fsp3) is 0.357. The average Bonchev–Trinajstić information content (AvgIpc) is 2.79. The second-order valence-electron chi connectivity index (χ2n) is 4.44. The standard InChI is InChI=1S/C14H19N3O2/c1-9-5-6-11(18-3)10(7-9)13(15)14-12(19-4)8-16-17(14)2/h5-8,13H,15H2,1-4H3. The van der Waals surface area contributed by atoms with E-state index in [1.807, 2.05) is 32.2 Å². The van der Waals surface area contributed by atoms with Crippen molar-refractivity contribution >= 4 is 0 Å². The summed E-state index contributed by atoms with van der Waals surface area (Å²) in [4.78, 5) is 0. The minimum atomic E-state index is -0.350. The van der Waals surface area contributed by atoms with Crippen LogP contribution in [0.4, 0.5) is 0 Å². The lowest BCUT2D eigenvalue weighted by Crippen LogP contribution is -2.18. The number of nitrogens with two attached hydrogens (primary N) is 1. The minimum Gasteiger partial charge on any atom is -0.496 e.